The molecule has 22 heavy (non-hydrogen) atoms. The Labute approximate surface area is 123 Å². The summed E-state index contributed by atoms with van der Waals surface area (Å²) in [5.74, 6) is -3.33. The Morgan fingerprint density at radius 1 is 1.27 bits per heavy atom. The highest BCUT2D eigenvalue weighted by molar-refractivity contribution is 5.95. The molecule has 1 saturated heterocycles. The zero-order valence-electron chi connectivity index (χ0n) is 11.2. The van der Waals surface area contributed by atoms with Gasteiger partial charge in [-0.3, -0.25) is 9.59 Å². The summed E-state index contributed by atoms with van der Waals surface area (Å²) in [7, 11) is 0. The molecule has 1 amide bonds. The lowest BCUT2D eigenvalue weighted by molar-refractivity contribution is -0.139. The third-order valence-electron chi connectivity index (χ3n) is 4.16. The number of ether oxygens (including phenoxy) is 1. The number of likely N-dealkylation sites (tertiary alicyclic amines) is 1. The molecule has 2 fully saturated rings. The molecule has 1 heterocycles. The van der Waals surface area contributed by atoms with Gasteiger partial charge in [-0.05, 0) is 24.0 Å². The first-order valence-corrected chi connectivity index (χ1v) is 6.65. The summed E-state index contributed by atoms with van der Waals surface area (Å²) in [4.78, 5) is 24.4. The van der Waals surface area contributed by atoms with Crippen molar-refractivity contribution < 1.29 is 32.6 Å². The Balaban J connectivity index is 1.68. The number of piperidine rings is 1. The number of amides is 1. The van der Waals surface area contributed by atoms with Crippen molar-refractivity contribution in [1.82, 2.24) is 4.90 Å². The second kappa shape index (κ2) is 5.19. The predicted molar refractivity (Wildman–Crippen MR) is 67.0 cm³/mol. The summed E-state index contributed by atoms with van der Waals surface area (Å²) in [5.41, 5.74) is -0.241. The second-order valence-corrected chi connectivity index (χ2v) is 5.42. The Kier molecular flexibility index (Phi) is 3.46. The average molecular weight is 315 g/mol. The summed E-state index contributed by atoms with van der Waals surface area (Å²) in [5, 5.41) is 8.91. The number of carbonyl (C=O) groups excluding carboxylic acids is 1. The lowest BCUT2D eigenvalue weighted by Crippen LogP contribution is -2.33. The van der Waals surface area contributed by atoms with Crippen molar-refractivity contribution in [1.29, 1.82) is 0 Å². The molecule has 5 nitrogen and oxygen atoms in total. The molecule has 3 rings (SSSR count). The van der Waals surface area contributed by atoms with Crippen LogP contribution in [-0.2, 0) is 4.79 Å². The fourth-order valence-corrected chi connectivity index (χ4v) is 3.07. The molecule has 0 bridgehead atoms. The van der Waals surface area contributed by atoms with E-state index in [0.717, 1.165) is 18.2 Å². The van der Waals surface area contributed by atoms with Crippen LogP contribution in [-0.4, -0.2) is 41.6 Å². The number of alkyl halides is 2. The van der Waals surface area contributed by atoms with Gasteiger partial charge >= 0.3 is 12.6 Å². The Morgan fingerprint density at radius 3 is 2.41 bits per heavy atom. The number of hydrogen-bond donors (Lipinski definition) is 1. The number of aliphatic carboxylic acids is 1. The number of fused-ring (bicyclic) bond motifs is 1. The summed E-state index contributed by atoms with van der Waals surface area (Å²) in [6.07, 6.45) is 0. The van der Waals surface area contributed by atoms with E-state index in [9.17, 15) is 22.8 Å². The largest absolute Gasteiger partial charge is 0.481 e. The number of hydrogen-bond acceptors (Lipinski definition) is 3. The summed E-state index contributed by atoms with van der Waals surface area (Å²) in [6, 6.07) is 2.92. The summed E-state index contributed by atoms with van der Waals surface area (Å²) < 4.78 is 42.0. The molecule has 1 aliphatic heterocycles. The van der Waals surface area contributed by atoms with E-state index in [-0.39, 0.29) is 36.2 Å². The molecule has 0 radical (unpaired) electrons. The molecule has 2 aliphatic rings. The van der Waals surface area contributed by atoms with E-state index in [0.29, 0.717) is 0 Å². The zero-order valence-corrected chi connectivity index (χ0v) is 11.2. The molecule has 1 saturated carbocycles. The van der Waals surface area contributed by atoms with Crippen LogP contribution in [0.2, 0.25) is 0 Å². The molecule has 0 aromatic heterocycles. The van der Waals surface area contributed by atoms with Crippen LogP contribution < -0.4 is 4.74 Å². The lowest BCUT2D eigenvalue weighted by atomic mass is 10.1. The average Bonchev–Trinajstić information content (AvgIpc) is 2.94. The minimum Gasteiger partial charge on any atom is -0.481 e. The fraction of sp³-hybridized carbons (Fsp3) is 0.429. The molecule has 1 aromatic rings. The van der Waals surface area contributed by atoms with E-state index in [1.54, 1.807) is 0 Å². The lowest BCUT2D eigenvalue weighted by Gasteiger charge is -2.19. The highest BCUT2D eigenvalue weighted by Gasteiger charge is 2.60. The maximum Gasteiger partial charge on any atom is 0.387 e. The van der Waals surface area contributed by atoms with Crippen molar-refractivity contribution in [2.24, 2.45) is 17.8 Å². The molecule has 8 heteroatoms. The van der Waals surface area contributed by atoms with E-state index in [2.05, 4.69) is 4.74 Å². The van der Waals surface area contributed by atoms with Gasteiger partial charge in [0.25, 0.3) is 5.91 Å². The molecule has 118 valence electrons. The van der Waals surface area contributed by atoms with Crippen molar-refractivity contribution in [2.75, 3.05) is 13.1 Å². The Hall–Kier alpha value is -2.25. The topological polar surface area (TPSA) is 66.8 Å². The van der Waals surface area contributed by atoms with Gasteiger partial charge in [-0.1, -0.05) is 0 Å². The quantitative estimate of drug-likeness (QED) is 0.920. The van der Waals surface area contributed by atoms with Gasteiger partial charge in [-0.2, -0.15) is 8.78 Å². The van der Waals surface area contributed by atoms with Crippen molar-refractivity contribution >= 4 is 11.9 Å². The summed E-state index contributed by atoms with van der Waals surface area (Å²) in [6.45, 7) is -2.52. The van der Waals surface area contributed by atoms with Crippen LogP contribution >= 0.6 is 0 Å². The first kappa shape index (κ1) is 14.7. The molecule has 1 aromatic carbocycles. The molecule has 1 unspecified atom stereocenters. The SMILES string of the molecule is O=C(O)C1[C@H]2CN(C(=O)c3ccc(OC(F)F)cc3F)C[C@@H]12. The highest BCUT2D eigenvalue weighted by atomic mass is 19.3. The third kappa shape index (κ3) is 2.49. The second-order valence-electron chi connectivity index (χ2n) is 5.42. The first-order valence-electron chi connectivity index (χ1n) is 6.65. The number of halogens is 3. The van der Waals surface area contributed by atoms with Crippen molar-refractivity contribution in [2.45, 2.75) is 6.61 Å². The van der Waals surface area contributed by atoms with Gasteiger partial charge in [0.1, 0.15) is 11.6 Å². The first-order chi connectivity index (χ1) is 10.4. The number of benzene rings is 1. The predicted octanol–water partition coefficient (Wildman–Crippen LogP) is 1.83. The molecule has 0 spiro atoms. The van der Waals surface area contributed by atoms with Gasteiger partial charge in [-0.15, -0.1) is 0 Å². The van der Waals surface area contributed by atoms with Gasteiger partial charge in [0.2, 0.25) is 0 Å². The van der Waals surface area contributed by atoms with E-state index in [1.165, 1.54) is 4.90 Å². The molecular formula is C14H12F3NO4. The highest BCUT2D eigenvalue weighted by Crippen LogP contribution is 2.52. The van der Waals surface area contributed by atoms with Gasteiger partial charge in [0, 0.05) is 19.2 Å². The minimum absolute atomic E-state index is 0.0778. The van der Waals surface area contributed by atoms with Crippen molar-refractivity contribution in [3.63, 3.8) is 0 Å². The molecular weight excluding hydrogens is 303 g/mol. The van der Waals surface area contributed by atoms with Gasteiger partial charge in [-0.25, -0.2) is 4.39 Å². The van der Waals surface area contributed by atoms with E-state index >= 15 is 0 Å². The van der Waals surface area contributed by atoms with Crippen LogP contribution in [0.1, 0.15) is 10.4 Å². The number of rotatable bonds is 4. The Bertz CT molecular complexity index is 625. The number of carboxylic acid groups (broad SMARTS) is 1. The van der Waals surface area contributed by atoms with Gasteiger partial charge in [0.15, 0.2) is 0 Å². The van der Waals surface area contributed by atoms with Crippen LogP contribution in [0.4, 0.5) is 13.2 Å². The maximum atomic E-state index is 13.9. The standard InChI is InChI=1S/C14H12F3NO4/c15-10-3-6(22-14(16)17)1-2-7(10)12(19)18-4-8-9(5-18)11(8)13(20)21/h1-3,8-9,11,14H,4-5H2,(H,20,21)/t8-,9+,11?. The van der Waals surface area contributed by atoms with Crippen LogP contribution in [0.3, 0.4) is 0 Å². The number of carbonyl (C=O) groups is 2. The smallest absolute Gasteiger partial charge is 0.387 e. The van der Waals surface area contributed by atoms with E-state index in [4.69, 9.17) is 5.11 Å². The van der Waals surface area contributed by atoms with Crippen molar-refractivity contribution in [3.05, 3.63) is 29.6 Å². The number of carboxylic acids is 1. The zero-order chi connectivity index (χ0) is 16.0. The summed E-state index contributed by atoms with van der Waals surface area (Å²) >= 11 is 0. The molecule has 1 N–H and O–H groups in total. The van der Waals surface area contributed by atoms with Crippen LogP contribution in [0.5, 0.6) is 5.75 Å². The van der Waals surface area contributed by atoms with Gasteiger partial charge in [0.05, 0.1) is 11.5 Å². The number of nitrogens with zero attached hydrogens (tertiary/aromatic N) is 1. The monoisotopic (exact) mass is 315 g/mol. The van der Waals surface area contributed by atoms with Crippen LogP contribution in [0.25, 0.3) is 0 Å². The maximum absolute atomic E-state index is 13.9. The molecule has 3 atom stereocenters. The van der Waals surface area contributed by atoms with Crippen LogP contribution in [0.15, 0.2) is 18.2 Å². The van der Waals surface area contributed by atoms with E-state index < -0.39 is 30.2 Å². The third-order valence-corrected chi connectivity index (χ3v) is 4.16. The van der Waals surface area contributed by atoms with Gasteiger partial charge < -0.3 is 14.7 Å². The normalized spacial score (nSPS) is 26.0. The fourth-order valence-electron chi connectivity index (χ4n) is 3.07. The van der Waals surface area contributed by atoms with E-state index in [1.807, 2.05) is 0 Å². The Morgan fingerprint density at radius 2 is 1.91 bits per heavy atom. The molecule has 1 aliphatic carbocycles. The van der Waals surface area contributed by atoms with Crippen LogP contribution in [0, 0.1) is 23.6 Å². The minimum atomic E-state index is -3.07. The van der Waals surface area contributed by atoms with Crippen molar-refractivity contribution in [3.8, 4) is 5.75 Å².